The molecule has 15 nitrogen and oxygen atoms in total. The molecule has 2 aliphatic heterocycles. The SMILES string of the molecule is C=C(C=C1C=CC2(CCC3(C4CCC(O)Cc5cccc(c5)CC(C(CN=C(N)N)c5ccc(O)cc5)C(O)CNC5C(=O)NC(N)c6cccc(c65)CC(=O)C(C)=C4CCC3(C)O)C2O)C(CO)=C1)C(O)CC=C(C)C. The summed E-state index contributed by atoms with van der Waals surface area (Å²) in [6.45, 7) is 11.3. The predicted molar refractivity (Wildman–Crippen MR) is 299 cm³/mol. The summed E-state index contributed by atoms with van der Waals surface area (Å²) in [5.41, 5.74) is 22.9. The van der Waals surface area contributed by atoms with E-state index in [0.29, 0.717) is 77.5 Å². The molecule has 0 saturated heterocycles. The number of nitrogens with two attached hydrogens (primary N) is 3. The second-order valence-electron chi connectivity index (χ2n) is 22.9. The van der Waals surface area contributed by atoms with Gasteiger partial charge in [-0.3, -0.25) is 19.9 Å². The number of benzene rings is 3. The first kappa shape index (κ1) is 57.2. The smallest absolute Gasteiger partial charge is 0.243 e. The molecule has 15 N–H and O–H groups in total. The maximum Gasteiger partial charge on any atom is 0.243 e. The fourth-order valence-electron chi connectivity index (χ4n) is 13.5. The van der Waals surface area contributed by atoms with E-state index in [1.54, 1.807) is 50.3 Å². The van der Waals surface area contributed by atoms with Gasteiger partial charge in [0.1, 0.15) is 18.0 Å². The van der Waals surface area contributed by atoms with Crippen molar-refractivity contribution in [3.05, 3.63) is 171 Å². The van der Waals surface area contributed by atoms with E-state index in [1.807, 2.05) is 74.5 Å². The van der Waals surface area contributed by atoms with Gasteiger partial charge in [-0.05, 0) is 171 Å². The van der Waals surface area contributed by atoms with Crippen molar-refractivity contribution in [1.82, 2.24) is 10.6 Å². The number of aliphatic imine (C=N–C) groups is 1. The van der Waals surface area contributed by atoms with Crippen molar-refractivity contribution in [3.8, 4) is 5.75 Å². The molecule has 2 bridgehead atoms. The first-order valence-electron chi connectivity index (χ1n) is 27.1. The summed E-state index contributed by atoms with van der Waals surface area (Å²) in [7, 11) is 0. The van der Waals surface area contributed by atoms with E-state index in [-0.39, 0.29) is 62.9 Å². The zero-order chi connectivity index (χ0) is 55.6. The summed E-state index contributed by atoms with van der Waals surface area (Å²) in [6.07, 6.45) is 7.27. The number of carbonyl (C=O) groups excluding carboxylic acids is 2. The number of rotatable bonds is 9. The number of nitrogens with zero attached hydrogens (tertiary/aromatic N) is 1. The molecular weight excluding hydrogens is 973 g/mol. The van der Waals surface area contributed by atoms with Gasteiger partial charge in [0.15, 0.2) is 11.7 Å². The summed E-state index contributed by atoms with van der Waals surface area (Å²) < 4.78 is 0. The normalized spacial score (nSPS) is 31.2. The Hall–Kier alpha value is -6.01. The van der Waals surface area contributed by atoms with Crippen LogP contribution < -0.4 is 27.8 Å². The Morgan fingerprint density at radius 1 is 0.974 bits per heavy atom. The average Bonchev–Trinajstić information content (AvgIpc) is 3.91. The minimum atomic E-state index is -1.45. The van der Waals surface area contributed by atoms with E-state index in [0.717, 1.165) is 27.8 Å². The number of ketones is 1. The molecular formula is C62H80N6O9. The Morgan fingerprint density at radius 2 is 1.69 bits per heavy atom. The molecule has 77 heavy (non-hydrogen) atoms. The van der Waals surface area contributed by atoms with Crippen LogP contribution in [-0.4, -0.2) is 103 Å². The van der Waals surface area contributed by atoms with Crippen molar-refractivity contribution < 1.29 is 45.3 Å². The van der Waals surface area contributed by atoms with Crippen molar-refractivity contribution in [1.29, 1.82) is 0 Å². The molecule has 5 aliphatic rings. The Labute approximate surface area is 452 Å². The van der Waals surface area contributed by atoms with Crippen molar-refractivity contribution >= 4 is 17.6 Å². The van der Waals surface area contributed by atoms with Crippen molar-refractivity contribution in [3.63, 3.8) is 0 Å². The number of hydrogen-bond acceptors (Lipinski definition) is 12. The van der Waals surface area contributed by atoms with Gasteiger partial charge in [-0.2, -0.15) is 0 Å². The second kappa shape index (κ2) is 23.5. The first-order valence-corrected chi connectivity index (χ1v) is 27.1. The molecule has 2 spiro atoms. The second-order valence-corrected chi connectivity index (χ2v) is 22.9. The number of aliphatic hydroxyl groups excluding tert-OH is 5. The number of fused-ring (bicyclic) bond motifs is 4. The highest BCUT2D eigenvalue weighted by Gasteiger charge is 2.68. The first-order chi connectivity index (χ1) is 36.6. The zero-order valence-electron chi connectivity index (χ0n) is 45.0. The number of aromatic hydroxyl groups is 1. The lowest BCUT2D eigenvalue weighted by Gasteiger charge is -2.57. The third-order valence-corrected chi connectivity index (χ3v) is 17.8. The Morgan fingerprint density at radius 3 is 2.39 bits per heavy atom. The average molecular weight is 1050 g/mol. The summed E-state index contributed by atoms with van der Waals surface area (Å²) in [6, 6.07) is 18.9. The van der Waals surface area contributed by atoms with Crippen LogP contribution in [0.4, 0.5) is 0 Å². The maximum absolute atomic E-state index is 15.1. The third-order valence-electron chi connectivity index (χ3n) is 17.8. The zero-order valence-corrected chi connectivity index (χ0v) is 45.0. The van der Waals surface area contributed by atoms with Gasteiger partial charge in [0.25, 0.3) is 0 Å². The topological polar surface area (TPSA) is 290 Å². The lowest BCUT2D eigenvalue weighted by atomic mass is 9.51. The van der Waals surface area contributed by atoms with Crippen molar-refractivity contribution in [2.75, 3.05) is 19.7 Å². The number of aliphatic hydroxyl groups is 6. The highest BCUT2D eigenvalue weighted by molar-refractivity contribution is 5.98. The van der Waals surface area contributed by atoms with Crippen molar-refractivity contribution in [2.45, 2.75) is 140 Å². The van der Waals surface area contributed by atoms with Gasteiger partial charge in [0, 0.05) is 36.3 Å². The lowest BCUT2D eigenvalue weighted by molar-refractivity contribution is -0.174. The van der Waals surface area contributed by atoms with Crippen LogP contribution in [0.2, 0.25) is 0 Å². The van der Waals surface area contributed by atoms with Gasteiger partial charge < -0.3 is 58.3 Å². The van der Waals surface area contributed by atoms with Crippen molar-refractivity contribution in [2.24, 2.45) is 44.9 Å². The van der Waals surface area contributed by atoms with Gasteiger partial charge in [0.05, 0.1) is 36.6 Å². The van der Waals surface area contributed by atoms with Crippen LogP contribution in [0, 0.1) is 22.7 Å². The molecule has 2 saturated carbocycles. The number of nitrogens with one attached hydrogen (secondary N) is 2. The van der Waals surface area contributed by atoms with E-state index in [4.69, 9.17) is 17.2 Å². The highest BCUT2D eigenvalue weighted by atomic mass is 16.3. The number of β-amino-alcohol motifs (C(OH)–C–C–N with tert-alkyl or cyclic N) is 1. The van der Waals surface area contributed by atoms with E-state index in [9.17, 15) is 40.5 Å². The van der Waals surface area contributed by atoms with Gasteiger partial charge in [-0.25, -0.2) is 0 Å². The van der Waals surface area contributed by atoms with Gasteiger partial charge >= 0.3 is 0 Å². The molecule has 0 radical (unpaired) electrons. The number of hydrogen-bond donors (Lipinski definition) is 12. The van der Waals surface area contributed by atoms with E-state index in [2.05, 4.69) is 22.2 Å². The largest absolute Gasteiger partial charge is 0.508 e. The number of guanidine groups is 1. The molecule has 0 aromatic heterocycles. The molecule has 412 valence electrons. The molecule has 12 atom stereocenters. The number of phenolic OH excluding ortho intramolecular Hbond substituents is 1. The van der Waals surface area contributed by atoms with E-state index in [1.165, 1.54) is 0 Å². The van der Waals surface area contributed by atoms with Crippen LogP contribution in [0.1, 0.15) is 124 Å². The number of allylic oxidation sites excluding steroid dienone is 6. The molecule has 3 aromatic carbocycles. The van der Waals surface area contributed by atoms with E-state index < -0.39 is 76.7 Å². The number of carbonyl (C=O) groups is 2. The molecule has 12 unspecified atom stereocenters. The summed E-state index contributed by atoms with van der Waals surface area (Å²) in [5.74, 6) is -2.34. The number of Topliss-reactive ketones (excluding diaryl/α,β-unsaturated/α-hetero) is 1. The van der Waals surface area contributed by atoms with Crippen LogP contribution in [0.3, 0.4) is 0 Å². The van der Waals surface area contributed by atoms with Crippen LogP contribution in [-0.2, 0) is 28.9 Å². The Bertz CT molecular complexity index is 2900. The van der Waals surface area contributed by atoms with Crippen LogP contribution in [0.5, 0.6) is 5.75 Å². The molecule has 3 aromatic rings. The lowest BCUT2D eigenvalue weighted by Crippen LogP contribution is -2.61. The summed E-state index contributed by atoms with van der Waals surface area (Å²) in [4.78, 5) is 33.7. The molecule has 1 amide bonds. The molecule has 8 rings (SSSR count). The summed E-state index contributed by atoms with van der Waals surface area (Å²) >= 11 is 0. The van der Waals surface area contributed by atoms with Crippen LogP contribution in [0.25, 0.3) is 0 Å². The third kappa shape index (κ3) is 11.7. The molecule has 2 heterocycles. The van der Waals surface area contributed by atoms with Gasteiger partial charge in [-0.15, -0.1) is 0 Å². The maximum atomic E-state index is 15.1. The standard InChI is InChI=1S/C62H80N6O9/c1-35(2)12-19-51(72)36(3)26-40-20-23-61(43(28-40)34-69)24-25-62(58(61)76)50-18-17-45(71)29-38-8-6-9-39(27-38)30-48(49(32-67-59(64)65)41-13-15-44(70)16-14-41)53(74)33-66-55-54-42(10-7-11-47(54)56(63)68-57(55)75)31-52(73)37(4)46(50)21-22-60(62,5)77/h6-16,20,23,26-28,45,48-51,53,55-56,58,66,69-72,74,76-77H,3,17-19,21-22,24-25,29-34,63H2,1-2,4-5H3,(H,68,75)(H4,64,65,67). The molecule has 15 heteroatoms. The number of amides is 1. The quantitative estimate of drug-likeness (QED) is 0.0719. The van der Waals surface area contributed by atoms with Crippen LogP contribution in [0.15, 0.2) is 142 Å². The van der Waals surface area contributed by atoms with E-state index >= 15 is 4.79 Å². The minimum absolute atomic E-state index is 0.0652. The highest BCUT2D eigenvalue weighted by Crippen LogP contribution is 2.67. The van der Waals surface area contributed by atoms with Gasteiger partial charge in [0.2, 0.25) is 5.91 Å². The number of phenols is 1. The fraction of sp³-hybridized carbons (Fsp3) is 0.468. The molecule has 3 aliphatic carbocycles. The fourth-order valence-corrected chi connectivity index (χ4v) is 13.5. The Balaban J connectivity index is 1.22. The molecule has 2 fully saturated rings. The van der Waals surface area contributed by atoms with Crippen LogP contribution >= 0.6 is 0 Å². The monoisotopic (exact) mass is 1050 g/mol. The summed E-state index contributed by atoms with van der Waals surface area (Å²) in [5, 5.41) is 89.2. The minimum Gasteiger partial charge on any atom is -0.508 e. The predicted octanol–water partition coefficient (Wildman–Crippen LogP) is 5.49. The Kier molecular flexibility index (Phi) is 17.5. The van der Waals surface area contributed by atoms with Gasteiger partial charge in [-0.1, -0.05) is 96.6 Å².